The highest BCUT2D eigenvalue weighted by molar-refractivity contribution is 6.65. The predicted octanol–water partition coefficient (Wildman–Crippen LogP) is 5.76. The zero-order valence-corrected chi connectivity index (χ0v) is 19.0. The van der Waals surface area contributed by atoms with Gasteiger partial charge in [0.2, 0.25) is 0 Å². The highest BCUT2D eigenvalue weighted by Gasteiger charge is 2.27. The lowest BCUT2D eigenvalue weighted by Gasteiger charge is -2.22. The van der Waals surface area contributed by atoms with Crippen molar-refractivity contribution in [3.05, 3.63) is 65.0 Å². The topological polar surface area (TPSA) is 57.9 Å². The molecule has 1 aromatic heterocycles. The van der Waals surface area contributed by atoms with E-state index in [1.54, 1.807) is 20.3 Å². The highest BCUT2D eigenvalue weighted by Crippen LogP contribution is 2.24. The predicted molar refractivity (Wildman–Crippen MR) is 122 cm³/mol. The first-order valence-electron chi connectivity index (χ1n) is 10.4. The fourth-order valence-electron chi connectivity index (χ4n) is 3.38. The van der Waals surface area contributed by atoms with Crippen molar-refractivity contribution in [3.8, 4) is 16.9 Å². The summed E-state index contributed by atoms with van der Waals surface area (Å²) in [4.78, 5) is 12.4. The van der Waals surface area contributed by atoms with Gasteiger partial charge >= 0.3 is 14.2 Å². The molecule has 0 spiro atoms. The number of benzene rings is 2. The summed E-state index contributed by atoms with van der Waals surface area (Å²) in [5, 5.41) is 0.879. The third-order valence-corrected chi connectivity index (χ3v) is 8.44. The molecule has 5 nitrogen and oxygen atoms in total. The molecule has 30 heavy (non-hydrogen) atoms. The molecule has 3 rings (SSSR count). The molecule has 3 aromatic rings. The molecule has 0 N–H and O–H groups in total. The van der Waals surface area contributed by atoms with Crippen molar-refractivity contribution in [2.45, 2.75) is 38.3 Å². The van der Waals surface area contributed by atoms with E-state index in [-0.39, 0.29) is 5.63 Å². The summed E-state index contributed by atoms with van der Waals surface area (Å²) in [6.07, 6.45) is 4.32. The normalized spacial score (nSPS) is 11.7. The standard InChI is InChI=1S/C24H30O5Si/c1-26-30(3,27-2)16-10-5-4-9-15-28-21-14-13-20-17-22(19-11-7-6-8-12-19)24(25)29-23(20)18-21/h6-8,11-14,17-18H,4-5,9-10,15-16H2,1-3H3. The molecule has 2 aromatic carbocycles. The van der Waals surface area contributed by atoms with Crippen LogP contribution >= 0.6 is 0 Å². The number of ether oxygens (including phenoxy) is 1. The summed E-state index contributed by atoms with van der Waals surface area (Å²) in [5.74, 6) is 0.719. The van der Waals surface area contributed by atoms with Crippen molar-refractivity contribution >= 4 is 19.5 Å². The average molecular weight is 427 g/mol. The van der Waals surface area contributed by atoms with Gasteiger partial charge in [0.05, 0.1) is 12.2 Å². The quantitative estimate of drug-likeness (QED) is 0.221. The second-order valence-electron chi connectivity index (χ2n) is 7.57. The van der Waals surface area contributed by atoms with Crippen molar-refractivity contribution in [1.29, 1.82) is 0 Å². The molecule has 0 bridgehead atoms. The van der Waals surface area contributed by atoms with E-state index in [0.717, 1.165) is 48.4 Å². The molecule has 0 atom stereocenters. The maximum absolute atomic E-state index is 12.4. The van der Waals surface area contributed by atoms with Crippen molar-refractivity contribution in [2.24, 2.45) is 0 Å². The second kappa shape index (κ2) is 10.6. The lowest BCUT2D eigenvalue weighted by Crippen LogP contribution is -2.35. The lowest BCUT2D eigenvalue weighted by molar-refractivity contribution is 0.247. The summed E-state index contributed by atoms with van der Waals surface area (Å²) in [7, 11) is 1.53. The Morgan fingerprint density at radius 1 is 0.900 bits per heavy atom. The van der Waals surface area contributed by atoms with Crippen molar-refractivity contribution in [1.82, 2.24) is 0 Å². The minimum Gasteiger partial charge on any atom is -0.493 e. The van der Waals surface area contributed by atoms with Crippen molar-refractivity contribution < 1.29 is 18.0 Å². The summed E-state index contributed by atoms with van der Waals surface area (Å²) >= 11 is 0. The van der Waals surface area contributed by atoms with E-state index in [4.69, 9.17) is 18.0 Å². The molecular formula is C24H30O5Si. The van der Waals surface area contributed by atoms with Crippen LogP contribution in [0, 0.1) is 0 Å². The fraction of sp³-hybridized carbons (Fsp3) is 0.375. The van der Waals surface area contributed by atoms with Gasteiger partial charge < -0.3 is 18.0 Å². The van der Waals surface area contributed by atoms with E-state index < -0.39 is 8.56 Å². The van der Waals surface area contributed by atoms with E-state index in [1.165, 1.54) is 0 Å². The molecule has 6 heteroatoms. The minimum absolute atomic E-state index is 0.339. The van der Waals surface area contributed by atoms with Gasteiger partial charge in [0.1, 0.15) is 11.3 Å². The Morgan fingerprint density at radius 3 is 2.37 bits per heavy atom. The second-order valence-corrected chi connectivity index (χ2v) is 11.2. The van der Waals surface area contributed by atoms with Gasteiger partial charge in [-0.3, -0.25) is 0 Å². The molecule has 0 saturated heterocycles. The van der Waals surface area contributed by atoms with E-state index in [0.29, 0.717) is 17.8 Å². The van der Waals surface area contributed by atoms with Crippen LogP contribution in [0.3, 0.4) is 0 Å². The van der Waals surface area contributed by atoms with Crippen LogP contribution in [0.15, 0.2) is 63.8 Å². The van der Waals surface area contributed by atoms with Gasteiger partial charge in [0.15, 0.2) is 0 Å². The molecule has 1 heterocycles. The van der Waals surface area contributed by atoms with Crippen LogP contribution in [-0.4, -0.2) is 29.4 Å². The Balaban J connectivity index is 1.51. The van der Waals surface area contributed by atoms with E-state index in [9.17, 15) is 4.79 Å². The Labute approximate surface area is 178 Å². The first-order chi connectivity index (χ1) is 14.5. The van der Waals surface area contributed by atoms with E-state index in [2.05, 4.69) is 6.55 Å². The zero-order chi connectivity index (χ0) is 21.4. The fourth-order valence-corrected chi connectivity index (χ4v) is 4.85. The van der Waals surface area contributed by atoms with Gasteiger partial charge in [0, 0.05) is 25.7 Å². The number of hydrogen-bond donors (Lipinski definition) is 0. The Morgan fingerprint density at radius 2 is 1.63 bits per heavy atom. The van der Waals surface area contributed by atoms with Crippen molar-refractivity contribution in [2.75, 3.05) is 20.8 Å². The summed E-state index contributed by atoms with van der Waals surface area (Å²) < 4.78 is 22.4. The first-order valence-corrected chi connectivity index (χ1v) is 12.9. The van der Waals surface area contributed by atoms with Gasteiger partial charge in [0.25, 0.3) is 0 Å². The van der Waals surface area contributed by atoms with Crippen molar-refractivity contribution in [3.63, 3.8) is 0 Å². The first kappa shape index (κ1) is 22.3. The largest absolute Gasteiger partial charge is 0.493 e. The van der Waals surface area contributed by atoms with Gasteiger partial charge in [-0.1, -0.05) is 49.6 Å². The van der Waals surface area contributed by atoms with Gasteiger partial charge in [-0.2, -0.15) is 0 Å². The molecule has 0 unspecified atom stereocenters. The Kier molecular flexibility index (Phi) is 7.85. The number of fused-ring (bicyclic) bond motifs is 1. The van der Waals surface area contributed by atoms with Crippen LogP contribution in [0.2, 0.25) is 12.6 Å². The van der Waals surface area contributed by atoms with Crippen LogP contribution in [0.4, 0.5) is 0 Å². The molecule has 160 valence electrons. The molecular weight excluding hydrogens is 396 g/mol. The summed E-state index contributed by atoms with van der Waals surface area (Å²) in [6.45, 7) is 2.73. The van der Waals surface area contributed by atoms with Crippen LogP contribution in [0.1, 0.15) is 25.7 Å². The monoisotopic (exact) mass is 426 g/mol. The minimum atomic E-state index is -1.94. The van der Waals surface area contributed by atoms with Gasteiger partial charge in [-0.05, 0) is 42.8 Å². The molecule has 0 fully saturated rings. The Bertz CT molecular complexity index is 995. The molecule has 0 saturated carbocycles. The summed E-state index contributed by atoms with van der Waals surface area (Å²) in [5.41, 5.74) is 1.62. The summed E-state index contributed by atoms with van der Waals surface area (Å²) in [6, 6.07) is 18.1. The maximum atomic E-state index is 12.4. The van der Waals surface area contributed by atoms with Crippen LogP contribution in [-0.2, 0) is 8.85 Å². The van der Waals surface area contributed by atoms with Crippen LogP contribution in [0.5, 0.6) is 5.75 Å². The SMILES string of the molecule is CO[Si](C)(CCCCCCOc1ccc2cc(-c3ccccc3)c(=O)oc2c1)OC. The Hall–Kier alpha value is -2.41. The smallest absolute Gasteiger partial charge is 0.344 e. The number of hydrogen-bond acceptors (Lipinski definition) is 5. The number of rotatable bonds is 11. The molecule has 0 aliphatic carbocycles. The van der Waals surface area contributed by atoms with Gasteiger partial charge in [-0.15, -0.1) is 0 Å². The van der Waals surface area contributed by atoms with E-state index in [1.807, 2.05) is 48.5 Å². The third-order valence-electron chi connectivity index (χ3n) is 5.45. The molecule has 0 aliphatic heterocycles. The van der Waals surface area contributed by atoms with Crippen LogP contribution in [0.25, 0.3) is 22.1 Å². The zero-order valence-electron chi connectivity index (χ0n) is 18.0. The van der Waals surface area contributed by atoms with Gasteiger partial charge in [-0.25, -0.2) is 4.79 Å². The molecule has 0 amide bonds. The average Bonchev–Trinajstić information content (AvgIpc) is 2.78. The van der Waals surface area contributed by atoms with E-state index >= 15 is 0 Å². The number of unbranched alkanes of at least 4 members (excludes halogenated alkanes) is 3. The highest BCUT2D eigenvalue weighted by atomic mass is 28.4. The molecule has 0 radical (unpaired) electrons. The lowest BCUT2D eigenvalue weighted by atomic mass is 10.1. The molecule has 0 aliphatic rings. The van der Waals surface area contributed by atoms with Crippen LogP contribution < -0.4 is 10.4 Å². The third kappa shape index (κ3) is 5.81. The maximum Gasteiger partial charge on any atom is 0.344 e.